The number of rotatable bonds is 1. The van der Waals surface area contributed by atoms with Gasteiger partial charge in [-0.15, -0.1) is 0 Å². The highest BCUT2D eigenvalue weighted by atomic mass is 19.1. The van der Waals surface area contributed by atoms with Crippen molar-refractivity contribution in [2.24, 2.45) is 11.8 Å². The van der Waals surface area contributed by atoms with E-state index in [9.17, 15) is 8.78 Å². The highest BCUT2D eigenvalue weighted by molar-refractivity contribution is 5.43. The molecule has 5 heteroatoms. The van der Waals surface area contributed by atoms with Crippen LogP contribution in [-0.4, -0.2) is 30.7 Å². The van der Waals surface area contributed by atoms with Gasteiger partial charge in [-0.3, -0.25) is 0 Å². The van der Waals surface area contributed by atoms with Gasteiger partial charge < -0.3 is 10.2 Å². The standard InChI is InChI=1S/C12H15F2N3/c1-7-10-5-15-3-8(10)6-17(7)12-11(14)2-9(13)4-16-12/h2,4,7-8,10,15H,3,5-6H2,1H3. The van der Waals surface area contributed by atoms with Crippen LogP contribution in [0.25, 0.3) is 0 Å². The Morgan fingerprint density at radius 2 is 2.24 bits per heavy atom. The van der Waals surface area contributed by atoms with E-state index < -0.39 is 11.6 Å². The number of fused-ring (bicyclic) bond motifs is 1. The molecule has 3 heterocycles. The van der Waals surface area contributed by atoms with Crippen LogP contribution >= 0.6 is 0 Å². The van der Waals surface area contributed by atoms with Crippen molar-refractivity contribution in [1.29, 1.82) is 0 Å². The van der Waals surface area contributed by atoms with Crippen molar-refractivity contribution in [2.45, 2.75) is 13.0 Å². The molecule has 2 fully saturated rings. The summed E-state index contributed by atoms with van der Waals surface area (Å²) < 4.78 is 26.5. The van der Waals surface area contributed by atoms with E-state index in [0.29, 0.717) is 11.8 Å². The van der Waals surface area contributed by atoms with Crippen molar-refractivity contribution >= 4 is 5.82 Å². The summed E-state index contributed by atoms with van der Waals surface area (Å²) in [5, 5.41) is 3.35. The lowest BCUT2D eigenvalue weighted by Gasteiger charge is -2.25. The zero-order valence-corrected chi connectivity index (χ0v) is 9.66. The summed E-state index contributed by atoms with van der Waals surface area (Å²) >= 11 is 0. The Morgan fingerprint density at radius 3 is 2.94 bits per heavy atom. The van der Waals surface area contributed by atoms with E-state index in [-0.39, 0.29) is 11.9 Å². The van der Waals surface area contributed by atoms with E-state index in [1.165, 1.54) is 0 Å². The van der Waals surface area contributed by atoms with Crippen LogP contribution in [0.1, 0.15) is 6.92 Å². The molecule has 2 aliphatic rings. The van der Waals surface area contributed by atoms with Crippen molar-refractivity contribution in [1.82, 2.24) is 10.3 Å². The van der Waals surface area contributed by atoms with Crippen molar-refractivity contribution < 1.29 is 8.78 Å². The molecule has 0 spiro atoms. The van der Waals surface area contributed by atoms with Crippen molar-refractivity contribution in [3.05, 3.63) is 23.9 Å². The van der Waals surface area contributed by atoms with E-state index in [4.69, 9.17) is 0 Å². The van der Waals surface area contributed by atoms with E-state index in [2.05, 4.69) is 17.2 Å². The number of halogens is 2. The average molecular weight is 239 g/mol. The fourth-order valence-electron chi connectivity index (χ4n) is 3.07. The molecule has 92 valence electrons. The van der Waals surface area contributed by atoms with Gasteiger partial charge in [0.1, 0.15) is 5.82 Å². The smallest absolute Gasteiger partial charge is 0.168 e. The molecule has 2 saturated heterocycles. The quantitative estimate of drug-likeness (QED) is 0.803. The maximum atomic E-state index is 13.7. The van der Waals surface area contributed by atoms with E-state index >= 15 is 0 Å². The minimum absolute atomic E-state index is 0.252. The Morgan fingerprint density at radius 1 is 1.41 bits per heavy atom. The molecule has 3 unspecified atom stereocenters. The first kappa shape index (κ1) is 10.9. The molecule has 17 heavy (non-hydrogen) atoms. The molecule has 0 bridgehead atoms. The van der Waals surface area contributed by atoms with E-state index in [0.717, 1.165) is 31.9 Å². The lowest BCUT2D eigenvalue weighted by Crippen LogP contribution is -2.34. The Balaban J connectivity index is 1.90. The summed E-state index contributed by atoms with van der Waals surface area (Å²) in [6.45, 7) is 4.84. The molecular formula is C12H15F2N3. The molecular weight excluding hydrogens is 224 g/mol. The van der Waals surface area contributed by atoms with E-state index in [1.807, 2.05) is 4.90 Å². The lowest BCUT2D eigenvalue weighted by molar-refractivity contribution is 0.469. The second kappa shape index (κ2) is 3.91. The number of nitrogens with one attached hydrogen (secondary N) is 1. The van der Waals surface area contributed by atoms with Crippen LogP contribution in [0.3, 0.4) is 0 Å². The SMILES string of the molecule is CC1C2CNCC2CN1c1ncc(F)cc1F. The second-order valence-corrected chi connectivity index (χ2v) is 4.93. The zero-order valence-electron chi connectivity index (χ0n) is 9.66. The van der Waals surface area contributed by atoms with Gasteiger partial charge in [0.05, 0.1) is 6.20 Å². The van der Waals surface area contributed by atoms with Gasteiger partial charge in [-0.2, -0.15) is 0 Å². The number of anilines is 1. The first-order valence-corrected chi connectivity index (χ1v) is 5.95. The molecule has 3 atom stereocenters. The predicted molar refractivity (Wildman–Crippen MR) is 60.8 cm³/mol. The molecule has 1 aromatic heterocycles. The molecule has 0 saturated carbocycles. The topological polar surface area (TPSA) is 28.2 Å². The van der Waals surface area contributed by atoms with E-state index in [1.54, 1.807) is 0 Å². The summed E-state index contributed by atoms with van der Waals surface area (Å²) in [6.07, 6.45) is 1.08. The highest BCUT2D eigenvalue weighted by Crippen LogP contribution is 2.35. The maximum Gasteiger partial charge on any atom is 0.168 e. The van der Waals surface area contributed by atoms with Gasteiger partial charge in [-0.25, -0.2) is 13.8 Å². The van der Waals surface area contributed by atoms with Gasteiger partial charge in [0.2, 0.25) is 0 Å². The minimum Gasteiger partial charge on any atom is -0.351 e. The van der Waals surface area contributed by atoms with Gasteiger partial charge >= 0.3 is 0 Å². The van der Waals surface area contributed by atoms with Gasteiger partial charge in [0.15, 0.2) is 11.6 Å². The summed E-state index contributed by atoms with van der Waals surface area (Å²) in [5.41, 5.74) is 0. The van der Waals surface area contributed by atoms with Crippen LogP contribution in [0, 0.1) is 23.5 Å². The number of hydrogen-bond donors (Lipinski definition) is 1. The summed E-state index contributed by atoms with van der Waals surface area (Å²) in [4.78, 5) is 5.86. The zero-order chi connectivity index (χ0) is 12.0. The average Bonchev–Trinajstić information content (AvgIpc) is 2.83. The largest absolute Gasteiger partial charge is 0.351 e. The fourth-order valence-corrected chi connectivity index (χ4v) is 3.07. The number of nitrogens with zero attached hydrogens (tertiary/aromatic N) is 2. The van der Waals surface area contributed by atoms with Crippen LogP contribution in [0.5, 0.6) is 0 Å². The van der Waals surface area contributed by atoms with Crippen LogP contribution in [0.2, 0.25) is 0 Å². The Kier molecular flexibility index (Phi) is 2.50. The highest BCUT2D eigenvalue weighted by Gasteiger charge is 2.42. The van der Waals surface area contributed by atoms with Crippen molar-refractivity contribution in [2.75, 3.05) is 24.5 Å². The molecule has 1 N–H and O–H groups in total. The minimum atomic E-state index is -0.625. The molecule has 0 amide bonds. The first-order chi connectivity index (χ1) is 8.16. The second-order valence-electron chi connectivity index (χ2n) is 4.93. The van der Waals surface area contributed by atoms with Crippen LogP contribution in [-0.2, 0) is 0 Å². The fraction of sp³-hybridized carbons (Fsp3) is 0.583. The predicted octanol–water partition coefficient (Wildman–Crippen LogP) is 1.40. The molecule has 0 aliphatic carbocycles. The van der Waals surface area contributed by atoms with Gasteiger partial charge in [0, 0.05) is 31.7 Å². The van der Waals surface area contributed by atoms with Crippen molar-refractivity contribution in [3.63, 3.8) is 0 Å². The Labute approximate surface area is 98.8 Å². The third-order valence-corrected chi connectivity index (χ3v) is 3.99. The summed E-state index contributed by atoms with van der Waals surface area (Å²) in [7, 11) is 0. The van der Waals surface area contributed by atoms with Crippen LogP contribution < -0.4 is 10.2 Å². The first-order valence-electron chi connectivity index (χ1n) is 5.95. The lowest BCUT2D eigenvalue weighted by atomic mass is 9.95. The Bertz CT molecular complexity index is 438. The van der Waals surface area contributed by atoms with Gasteiger partial charge in [-0.1, -0.05) is 0 Å². The normalized spacial score (nSPS) is 31.9. The number of aromatic nitrogens is 1. The van der Waals surface area contributed by atoms with Gasteiger partial charge in [-0.05, 0) is 18.8 Å². The third kappa shape index (κ3) is 1.69. The van der Waals surface area contributed by atoms with Gasteiger partial charge in [0.25, 0.3) is 0 Å². The molecule has 2 aliphatic heterocycles. The molecule has 3 rings (SSSR count). The third-order valence-electron chi connectivity index (χ3n) is 3.99. The maximum absolute atomic E-state index is 13.7. The molecule has 1 aromatic rings. The summed E-state index contributed by atoms with van der Waals surface area (Å²) in [6, 6.07) is 1.16. The Hall–Kier alpha value is -1.23. The summed E-state index contributed by atoms with van der Waals surface area (Å²) in [5.74, 6) is 0.190. The monoisotopic (exact) mass is 239 g/mol. The van der Waals surface area contributed by atoms with Crippen LogP contribution in [0.4, 0.5) is 14.6 Å². The number of hydrogen-bond acceptors (Lipinski definition) is 3. The molecule has 0 radical (unpaired) electrons. The molecule has 3 nitrogen and oxygen atoms in total. The molecule has 0 aromatic carbocycles. The number of pyridine rings is 1. The van der Waals surface area contributed by atoms with Crippen molar-refractivity contribution in [3.8, 4) is 0 Å². The van der Waals surface area contributed by atoms with Crippen LogP contribution in [0.15, 0.2) is 12.3 Å².